The number of halogens is 2. The van der Waals surface area contributed by atoms with Gasteiger partial charge in [-0.25, -0.2) is 14.8 Å². The largest absolute Gasteiger partial charge is 0.480 e. The van der Waals surface area contributed by atoms with Crippen LogP contribution in [0.4, 0.5) is 0 Å². The van der Waals surface area contributed by atoms with Gasteiger partial charge in [0.05, 0.1) is 13.2 Å². The number of hydrogen-bond acceptors (Lipinski definition) is 5. The summed E-state index contributed by atoms with van der Waals surface area (Å²) in [5.74, 6) is -1.47. The maximum absolute atomic E-state index is 13.5. The second-order valence-corrected chi connectivity index (χ2v) is 8.15. The fourth-order valence-electron chi connectivity index (χ4n) is 3.98. The Morgan fingerprint density at radius 2 is 1.78 bits per heavy atom. The van der Waals surface area contributed by atoms with E-state index in [0.29, 0.717) is 39.6 Å². The fraction of sp³-hybridized carbons (Fsp3) is 0.217. The molecule has 0 bridgehead atoms. The summed E-state index contributed by atoms with van der Waals surface area (Å²) in [7, 11) is 1.47. The van der Waals surface area contributed by atoms with Crippen LogP contribution in [-0.4, -0.2) is 45.0 Å². The van der Waals surface area contributed by atoms with Crippen LogP contribution < -0.4 is 4.74 Å². The number of carboxylic acid groups (broad SMARTS) is 1. The first-order valence-corrected chi connectivity index (χ1v) is 10.6. The van der Waals surface area contributed by atoms with Crippen LogP contribution >= 0.6 is 23.2 Å². The lowest BCUT2D eigenvalue weighted by molar-refractivity contribution is -0.141. The third-order valence-electron chi connectivity index (χ3n) is 5.51. The molecule has 1 amide bonds. The summed E-state index contributed by atoms with van der Waals surface area (Å²) in [6, 6.07) is 10.9. The highest BCUT2D eigenvalue weighted by Gasteiger charge is 2.42. The minimum absolute atomic E-state index is 0.232. The summed E-state index contributed by atoms with van der Waals surface area (Å²) in [6.07, 6.45) is 3.99. The van der Waals surface area contributed by atoms with Gasteiger partial charge in [0.2, 0.25) is 0 Å². The van der Waals surface area contributed by atoms with E-state index in [1.807, 2.05) is 12.1 Å². The topological polar surface area (TPSA) is 92.6 Å². The summed E-state index contributed by atoms with van der Waals surface area (Å²) in [5.41, 5.74) is 2.32. The first-order chi connectivity index (χ1) is 15.4. The molecule has 2 aromatic carbocycles. The number of methoxy groups -OCH3 is 1. The number of carbonyl (C=O) groups excluding carboxylic acids is 1. The molecule has 1 fully saturated rings. The molecule has 9 heteroatoms. The van der Waals surface area contributed by atoms with E-state index in [9.17, 15) is 14.7 Å². The van der Waals surface area contributed by atoms with Gasteiger partial charge in [0, 0.05) is 39.1 Å². The molecule has 32 heavy (non-hydrogen) atoms. The number of amides is 1. The normalized spacial score (nSPS) is 17.9. The van der Waals surface area contributed by atoms with Crippen molar-refractivity contribution in [3.05, 3.63) is 76.0 Å². The van der Waals surface area contributed by atoms with Crippen LogP contribution in [0.2, 0.25) is 10.0 Å². The van der Waals surface area contributed by atoms with E-state index < -0.39 is 24.0 Å². The predicted octanol–water partition coefficient (Wildman–Crippen LogP) is 4.89. The lowest BCUT2D eigenvalue weighted by atomic mass is 10.0. The molecule has 2 atom stereocenters. The molecule has 0 spiro atoms. The average Bonchev–Trinajstić information content (AvgIpc) is 3.24. The Morgan fingerprint density at radius 1 is 1.06 bits per heavy atom. The van der Waals surface area contributed by atoms with E-state index in [4.69, 9.17) is 27.9 Å². The summed E-state index contributed by atoms with van der Waals surface area (Å²) in [4.78, 5) is 34.9. The van der Waals surface area contributed by atoms with Crippen LogP contribution in [-0.2, 0) is 4.79 Å². The molecule has 2 unspecified atom stereocenters. The van der Waals surface area contributed by atoms with Crippen molar-refractivity contribution in [1.82, 2.24) is 14.9 Å². The zero-order valence-electron chi connectivity index (χ0n) is 17.0. The van der Waals surface area contributed by atoms with Crippen LogP contribution in [0.5, 0.6) is 6.01 Å². The highest BCUT2D eigenvalue weighted by molar-refractivity contribution is 6.33. The monoisotopic (exact) mass is 471 g/mol. The number of aliphatic carboxylic acids is 1. The van der Waals surface area contributed by atoms with Crippen LogP contribution in [0.15, 0.2) is 54.9 Å². The van der Waals surface area contributed by atoms with Gasteiger partial charge in [-0.3, -0.25) is 4.79 Å². The van der Waals surface area contributed by atoms with Crippen LogP contribution in [0.25, 0.3) is 11.1 Å². The molecular weight excluding hydrogens is 453 g/mol. The molecule has 1 N–H and O–H groups in total. The molecule has 1 aliphatic heterocycles. The molecule has 2 heterocycles. The zero-order valence-corrected chi connectivity index (χ0v) is 18.5. The Hall–Kier alpha value is -3.16. The number of carboxylic acids is 1. The fourth-order valence-corrected chi connectivity index (χ4v) is 4.53. The molecule has 3 aromatic rings. The van der Waals surface area contributed by atoms with Gasteiger partial charge in [-0.05, 0) is 36.6 Å². The second-order valence-electron chi connectivity index (χ2n) is 7.33. The average molecular weight is 472 g/mol. The van der Waals surface area contributed by atoms with Crippen molar-refractivity contribution in [2.24, 2.45) is 0 Å². The molecular formula is C23H19Cl2N3O4. The highest BCUT2D eigenvalue weighted by Crippen LogP contribution is 2.40. The van der Waals surface area contributed by atoms with E-state index in [1.54, 1.807) is 36.7 Å². The summed E-state index contributed by atoms with van der Waals surface area (Å²) < 4.78 is 4.96. The third-order valence-corrected chi connectivity index (χ3v) is 6.16. The Balaban J connectivity index is 1.68. The Kier molecular flexibility index (Phi) is 6.30. The van der Waals surface area contributed by atoms with Crippen molar-refractivity contribution in [2.45, 2.75) is 24.9 Å². The van der Waals surface area contributed by atoms with Crippen LogP contribution in [0.1, 0.15) is 34.8 Å². The number of nitrogens with zero attached hydrogens (tertiary/aromatic N) is 3. The molecule has 1 aliphatic rings. The maximum atomic E-state index is 13.5. The minimum atomic E-state index is -1.05. The molecule has 7 nitrogen and oxygen atoms in total. The number of rotatable bonds is 5. The Morgan fingerprint density at radius 3 is 2.41 bits per heavy atom. The van der Waals surface area contributed by atoms with Gasteiger partial charge in [0.1, 0.15) is 6.04 Å². The van der Waals surface area contributed by atoms with E-state index in [0.717, 1.165) is 5.56 Å². The van der Waals surface area contributed by atoms with E-state index >= 15 is 0 Å². The molecule has 164 valence electrons. The Bertz CT molecular complexity index is 1170. The molecule has 4 rings (SSSR count). The number of likely N-dealkylation sites (tertiary alicyclic amines) is 1. The SMILES string of the molecule is COc1ncc(-c2ccc(C(=O)N3C(C(=O)O)CCC3c3ccccc3Cl)cc2Cl)cn1. The number of ether oxygens (including phenoxy) is 1. The number of aromatic nitrogens is 2. The van der Waals surface area contributed by atoms with Gasteiger partial charge >= 0.3 is 12.0 Å². The second kappa shape index (κ2) is 9.14. The lowest BCUT2D eigenvalue weighted by Gasteiger charge is -2.29. The smallest absolute Gasteiger partial charge is 0.326 e. The number of hydrogen-bond donors (Lipinski definition) is 1. The van der Waals surface area contributed by atoms with Crippen molar-refractivity contribution >= 4 is 35.1 Å². The first kappa shape index (κ1) is 22.0. The highest BCUT2D eigenvalue weighted by atomic mass is 35.5. The quantitative estimate of drug-likeness (QED) is 0.569. The zero-order chi connectivity index (χ0) is 22.8. The van der Waals surface area contributed by atoms with Gasteiger partial charge in [-0.15, -0.1) is 0 Å². The van der Waals surface area contributed by atoms with Gasteiger partial charge < -0.3 is 14.7 Å². The van der Waals surface area contributed by atoms with Crippen molar-refractivity contribution in [3.63, 3.8) is 0 Å². The standard InChI is InChI=1S/C23H19Cl2N3O4/c1-32-23-26-11-14(12-27-23)15-7-6-13(10-18(15)25)21(29)28-19(8-9-20(28)22(30)31)16-4-2-3-5-17(16)24/h2-7,10-12,19-20H,8-9H2,1H3,(H,30,31). The summed E-state index contributed by atoms with van der Waals surface area (Å²) in [6.45, 7) is 0. The molecule has 0 saturated carbocycles. The van der Waals surface area contributed by atoms with E-state index in [-0.39, 0.29) is 6.01 Å². The van der Waals surface area contributed by atoms with Gasteiger partial charge in [0.25, 0.3) is 5.91 Å². The van der Waals surface area contributed by atoms with Gasteiger partial charge in [-0.2, -0.15) is 0 Å². The minimum Gasteiger partial charge on any atom is -0.480 e. The summed E-state index contributed by atoms with van der Waals surface area (Å²) in [5, 5.41) is 10.5. The van der Waals surface area contributed by atoms with E-state index in [2.05, 4.69) is 9.97 Å². The molecule has 1 aromatic heterocycles. The Labute approximate surface area is 194 Å². The van der Waals surface area contributed by atoms with E-state index in [1.165, 1.54) is 18.1 Å². The van der Waals surface area contributed by atoms with Crippen molar-refractivity contribution in [1.29, 1.82) is 0 Å². The molecule has 0 aliphatic carbocycles. The third kappa shape index (κ3) is 4.13. The van der Waals surface area contributed by atoms with Crippen molar-refractivity contribution in [3.8, 4) is 17.1 Å². The molecule has 0 radical (unpaired) electrons. The van der Waals surface area contributed by atoms with Crippen LogP contribution in [0, 0.1) is 0 Å². The molecule has 1 saturated heterocycles. The van der Waals surface area contributed by atoms with Crippen molar-refractivity contribution in [2.75, 3.05) is 7.11 Å². The summed E-state index contributed by atoms with van der Waals surface area (Å²) >= 11 is 12.8. The first-order valence-electron chi connectivity index (χ1n) is 9.86. The van der Waals surface area contributed by atoms with Gasteiger partial charge in [0.15, 0.2) is 0 Å². The van der Waals surface area contributed by atoms with Crippen molar-refractivity contribution < 1.29 is 19.4 Å². The maximum Gasteiger partial charge on any atom is 0.326 e. The van der Waals surface area contributed by atoms with Crippen LogP contribution in [0.3, 0.4) is 0 Å². The predicted molar refractivity (Wildman–Crippen MR) is 120 cm³/mol. The number of benzene rings is 2. The van der Waals surface area contributed by atoms with Gasteiger partial charge in [-0.1, -0.05) is 47.5 Å². The number of carbonyl (C=O) groups is 2. The lowest BCUT2D eigenvalue weighted by Crippen LogP contribution is -2.41.